The average molecular weight is 417 g/mol. The Kier molecular flexibility index (Phi) is 5.65. The van der Waals surface area contributed by atoms with Crippen LogP contribution in [0.5, 0.6) is 11.5 Å². The summed E-state index contributed by atoms with van der Waals surface area (Å²) in [4.78, 5) is 13.0. The second kappa shape index (κ2) is 8.70. The van der Waals surface area contributed by atoms with Gasteiger partial charge in [-0.1, -0.05) is 0 Å². The lowest BCUT2D eigenvalue weighted by Gasteiger charge is -2.12. The number of nitrogens with one attached hydrogen (secondary N) is 2. The summed E-state index contributed by atoms with van der Waals surface area (Å²) < 4.78 is 12.5. The van der Waals surface area contributed by atoms with E-state index in [4.69, 9.17) is 9.47 Å². The second-order valence-corrected chi connectivity index (χ2v) is 6.76. The lowest BCUT2D eigenvalue weighted by Crippen LogP contribution is -2.06. The molecule has 0 amide bonds. The Labute approximate surface area is 180 Å². The molecular formula is C22H23N7O2. The molecule has 0 bridgehead atoms. The predicted octanol–water partition coefficient (Wildman–Crippen LogP) is 4.18. The van der Waals surface area contributed by atoms with Crippen molar-refractivity contribution < 1.29 is 9.47 Å². The summed E-state index contributed by atoms with van der Waals surface area (Å²) in [6.45, 7) is 3.99. The van der Waals surface area contributed by atoms with Gasteiger partial charge in [-0.05, 0) is 44.2 Å². The number of hydrogen-bond donors (Lipinski definition) is 2. The monoisotopic (exact) mass is 417 g/mol. The van der Waals surface area contributed by atoms with E-state index in [0.29, 0.717) is 23.3 Å². The van der Waals surface area contributed by atoms with E-state index < -0.39 is 0 Å². The molecule has 4 aromatic rings. The molecule has 0 fully saturated rings. The maximum atomic E-state index is 5.36. The number of methoxy groups -OCH3 is 2. The fourth-order valence-corrected chi connectivity index (χ4v) is 3.08. The van der Waals surface area contributed by atoms with Crippen molar-refractivity contribution in [1.82, 2.24) is 24.7 Å². The first-order valence-electron chi connectivity index (χ1n) is 9.65. The molecule has 9 heteroatoms. The van der Waals surface area contributed by atoms with Gasteiger partial charge in [0, 0.05) is 35.9 Å². The largest absolute Gasteiger partial charge is 0.493 e. The number of ether oxygens (including phenoxy) is 2. The van der Waals surface area contributed by atoms with Crippen molar-refractivity contribution in [2.45, 2.75) is 13.8 Å². The molecule has 1 aromatic carbocycles. The first-order chi connectivity index (χ1) is 15.1. The Bertz CT molecular complexity index is 1190. The van der Waals surface area contributed by atoms with Gasteiger partial charge in [0.2, 0.25) is 5.95 Å². The van der Waals surface area contributed by atoms with Crippen molar-refractivity contribution in [2.24, 2.45) is 0 Å². The molecule has 2 N–H and O–H groups in total. The molecular weight excluding hydrogens is 394 g/mol. The van der Waals surface area contributed by atoms with Gasteiger partial charge >= 0.3 is 0 Å². The highest BCUT2D eigenvalue weighted by Crippen LogP contribution is 2.31. The standard InChI is InChI=1S/C22H23N7O2/c1-14-15(2)28-29(17-7-10-23-11-8-17)21(14)26-20-9-12-24-22(27-20)25-16-5-6-18(30-3)19(13-16)31-4/h5-13H,1-4H3,(H2,24,25,26,27). The molecule has 158 valence electrons. The van der Waals surface area contributed by atoms with Crippen LogP contribution in [0.4, 0.5) is 23.3 Å². The Balaban J connectivity index is 1.61. The summed E-state index contributed by atoms with van der Waals surface area (Å²) in [6, 6.07) is 11.1. The number of rotatable bonds is 7. The molecule has 0 unspecified atom stereocenters. The van der Waals surface area contributed by atoms with Gasteiger partial charge < -0.3 is 20.1 Å². The van der Waals surface area contributed by atoms with Crippen LogP contribution >= 0.6 is 0 Å². The van der Waals surface area contributed by atoms with Crippen molar-refractivity contribution in [3.05, 3.63) is 66.2 Å². The first-order valence-corrected chi connectivity index (χ1v) is 9.65. The number of aryl methyl sites for hydroxylation is 1. The zero-order valence-electron chi connectivity index (χ0n) is 17.7. The fourth-order valence-electron chi connectivity index (χ4n) is 3.08. The number of pyridine rings is 1. The summed E-state index contributed by atoms with van der Waals surface area (Å²) in [7, 11) is 3.20. The Morgan fingerprint density at radius 2 is 1.65 bits per heavy atom. The van der Waals surface area contributed by atoms with Gasteiger partial charge in [-0.25, -0.2) is 9.67 Å². The van der Waals surface area contributed by atoms with Gasteiger partial charge in [-0.3, -0.25) is 4.98 Å². The van der Waals surface area contributed by atoms with Gasteiger partial charge in [0.05, 0.1) is 25.6 Å². The van der Waals surface area contributed by atoms with Gasteiger partial charge in [0.15, 0.2) is 11.5 Å². The van der Waals surface area contributed by atoms with Crippen LogP contribution in [0.15, 0.2) is 55.0 Å². The van der Waals surface area contributed by atoms with E-state index in [1.165, 1.54) is 0 Å². The van der Waals surface area contributed by atoms with E-state index in [1.807, 2.05) is 48.9 Å². The SMILES string of the molecule is COc1ccc(Nc2nccc(Nc3c(C)c(C)nn3-c3ccncc3)n2)cc1OC. The lowest BCUT2D eigenvalue weighted by atomic mass is 10.2. The summed E-state index contributed by atoms with van der Waals surface area (Å²) in [5.41, 5.74) is 3.65. The highest BCUT2D eigenvalue weighted by molar-refractivity contribution is 5.63. The van der Waals surface area contributed by atoms with Crippen LogP contribution in [0.25, 0.3) is 5.69 Å². The molecule has 0 spiro atoms. The molecule has 0 saturated carbocycles. The zero-order chi connectivity index (χ0) is 21.8. The molecule has 0 saturated heterocycles. The molecule has 0 radical (unpaired) electrons. The molecule has 31 heavy (non-hydrogen) atoms. The van der Waals surface area contributed by atoms with E-state index in [-0.39, 0.29) is 0 Å². The topological polar surface area (TPSA) is 99.0 Å². The number of nitrogens with zero attached hydrogens (tertiary/aromatic N) is 5. The average Bonchev–Trinajstić information content (AvgIpc) is 3.08. The number of hydrogen-bond acceptors (Lipinski definition) is 8. The van der Waals surface area contributed by atoms with E-state index in [1.54, 1.807) is 38.9 Å². The molecule has 0 aliphatic rings. The summed E-state index contributed by atoms with van der Waals surface area (Å²) in [6.07, 6.45) is 5.16. The van der Waals surface area contributed by atoms with Gasteiger partial charge in [0.25, 0.3) is 0 Å². The maximum Gasteiger partial charge on any atom is 0.229 e. The molecule has 0 atom stereocenters. The Morgan fingerprint density at radius 1 is 0.871 bits per heavy atom. The Morgan fingerprint density at radius 3 is 2.39 bits per heavy atom. The van der Waals surface area contributed by atoms with Crippen molar-refractivity contribution in [1.29, 1.82) is 0 Å². The molecule has 0 aliphatic carbocycles. The molecule has 3 aromatic heterocycles. The molecule has 3 heterocycles. The van der Waals surface area contributed by atoms with E-state index in [9.17, 15) is 0 Å². The molecule has 9 nitrogen and oxygen atoms in total. The maximum absolute atomic E-state index is 5.36. The predicted molar refractivity (Wildman–Crippen MR) is 119 cm³/mol. The summed E-state index contributed by atoms with van der Waals surface area (Å²) >= 11 is 0. The summed E-state index contributed by atoms with van der Waals surface area (Å²) in [5.74, 6) is 3.19. The third kappa shape index (κ3) is 4.25. The normalized spacial score (nSPS) is 10.6. The van der Waals surface area contributed by atoms with Crippen molar-refractivity contribution in [2.75, 3.05) is 24.9 Å². The highest BCUT2D eigenvalue weighted by Gasteiger charge is 2.14. The van der Waals surface area contributed by atoms with Crippen LogP contribution in [0.2, 0.25) is 0 Å². The van der Waals surface area contributed by atoms with Crippen LogP contribution in [-0.4, -0.2) is 39.0 Å². The first kappa shape index (κ1) is 20.1. The van der Waals surface area contributed by atoms with Crippen LogP contribution in [0.3, 0.4) is 0 Å². The van der Waals surface area contributed by atoms with Crippen molar-refractivity contribution >= 4 is 23.3 Å². The van der Waals surface area contributed by atoms with Crippen molar-refractivity contribution in [3.63, 3.8) is 0 Å². The molecule has 0 aliphatic heterocycles. The third-order valence-electron chi connectivity index (χ3n) is 4.81. The van der Waals surface area contributed by atoms with Crippen molar-refractivity contribution in [3.8, 4) is 17.2 Å². The minimum absolute atomic E-state index is 0.446. The van der Waals surface area contributed by atoms with E-state index in [0.717, 1.165) is 28.5 Å². The smallest absolute Gasteiger partial charge is 0.229 e. The van der Waals surface area contributed by atoms with Gasteiger partial charge in [-0.2, -0.15) is 10.1 Å². The Hall–Kier alpha value is -4.14. The minimum Gasteiger partial charge on any atom is -0.493 e. The second-order valence-electron chi connectivity index (χ2n) is 6.76. The van der Waals surface area contributed by atoms with Crippen LogP contribution < -0.4 is 20.1 Å². The van der Waals surface area contributed by atoms with E-state index >= 15 is 0 Å². The lowest BCUT2D eigenvalue weighted by molar-refractivity contribution is 0.355. The minimum atomic E-state index is 0.446. The third-order valence-corrected chi connectivity index (χ3v) is 4.81. The number of aromatic nitrogens is 5. The fraction of sp³-hybridized carbons (Fsp3) is 0.182. The molecule has 4 rings (SSSR count). The highest BCUT2D eigenvalue weighted by atomic mass is 16.5. The quantitative estimate of drug-likeness (QED) is 0.462. The van der Waals surface area contributed by atoms with E-state index in [2.05, 4.69) is 30.7 Å². The summed E-state index contributed by atoms with van der Waals surface area (Å²) in [5, 5.41) is 11.2. The van der Waals surface area contributed by atoms with Gasteiger partial charge in [0.1, 0.15) is 11.6 Å². The van der Waals surface area contributed by atoms with Crippen LogP contribution in [-0.2, 0) is 0 Å². The van der Waals surface area contributed by atoms with Gasteiger partial charge in [-0.15, -0.1) is 0 Å². The van der Waals surface area contributed by atoms with Crippen LogP contribution in [0.1, 0.15) is 11.3 Å². The number of benzene rings is 1. The zero-order valence-corrected chi connectivity index (χ0v) is 17.7. The van der Waals surface area contributed by atoms with Crippen LogP contribution in [0, 0.1) is 13.8 Å². The number of anilines is 4.